The van der Waals surface area contributed by atoms with Crippen LogP contribution in [0.3, 0.4) is 0 Å². The van der Waals surface area contributed by atoms with Crippen molar-refractivity contribution in [2.45, 2.75) is 26.3 Å². The van der Waals surface area contributed by atoms with E-state index in [2.05, 4.69) is 0 Å². The van der Waals surface area contributed by atoms with Crippen LogP contribution in [0.2, 0.25) is 0 Å². The highest BCUT2D eigenvalue weighted by Gasteiger charge is 2.46. The molecule has 0 radical (unpaired) electrons. The Morgan fingerprint density at radius 2 is 1.71 bits per heavy atom. The first-order chi connectivity index (χ1) is 16.4. The molecule has 0 aromatic heterocycles. The van der Waals surface area contributed by atoms with Gasteiger partial charge in [0.1, 0.15) is 11.5 Å². The van der Waals surface area contributed by atoms with Crippen LogP contribution in [0, 0.1) is 6.92 Å². The lowest BCUT2D eigenvalue weighted by Crippen LogP contribution is -2.31. The summed E-state index contributed by atoms with van der Waals surface area (Å²) in [6.45, 7) is 4.89. The zero-order valence-electron chi connectivity index (χ0n) is 20.2. The Kier molecular flexibility index (Phi) is 8.17. The maximum absolute atomic E-state index is 13.2. The van der Waals surface area contributed by atoms with Crippen LogP contribution in [0.4, 0.5) is 0 Å². The van der Waals surface area contributed by atoms with Crippen LogP contribution >= 0.6 is 0 Å². The number of ketones is 1. The molecule has 1 amide bonds. The Bertz CT molecular complexity index is 1090. The van der Waals surface area contributed by atoms with E-state index in [9.17, 15) is 14.7 Å². The van der Waals surface area contributed by atoms with Crippen LogP contribution in [0.1, 0.15) is 36.1 Å². The number of aliphatic hydroxyl groups is 1. The summed E-state index contributed by atoms with van der Waals surface area (Å²) in [4.78, 5) is 27.7. The summed E-state index contributed by atoms with van der Waals surface area (Å²) in [5, 5.41) is 11.2. The highest BCUT2D eigenvalue weighted by molar-refractivity contribution is 6.46. The Morgan fingerprint density at radius 1 is 1.00 bits per heavy atom. The van der Waals surface area contributed by atoms with Crippen LogP contribution in [-0.2, 0) is 14.3 Å². The lowest BCUT2D eigenvalue weighted by Gasteiger charge is -2.26. The molecule has 1 saturated heterocycles. The molecule has 0 bridgehead atoms. The number of nitrogens with zero attached hydrogens (tertiary/aromatic N) is 1. The van der Waals surface area contributed by atoms with Crippen molar-refractivity contribution in [1.29, 1.82) is 0 Å². The van der Waals surface area contributed by atoms with Gasteiger partial charge in [-0.25, -0.2) is 0 Å². The van der Waals surface area contributed by atoms with Crippen LogP contribution in [0.25, 0.3) is 5.76 Å². The number of benzene rings is 2. The minimum absolute atomic E-state index is 0.0261. The first-order valence-corrected chi connectivity index (χ1v) is 11.1. The topological polar surface area (TPSA) is 94.5 Å². The maximum atomic E-state index is 13.2. The lowest BCUT2D eigenvalue weighted by molar-refractivity contribution is -0.140. The summed E-state index contributed by atoms with van der Waals surface area (Å²) in [6.07, 6.45) is 0.538. The van der Waals surface area contributed by atoms with E-state index in [4.69, 9.17) is 18.9 Å². The van der Waals surface area contributed by atoms with E-state index < -0.39 is 17.7 Å². The molecule has 0 saturated carbocycles. The fraction of sp³-hybridized carbons (Fsp3) is 0.385. The Balaban J connectivity index is 2.16. The van der Waals surface area contributed by atoms with Crippen molar-refractivity contribution >= 4 is 17.4 Å². The van der Waals surface area contributed by atoms with Gasteiger partial charge in [0.2, 0.25) is 0 Å². The van der Waals surface area contributed by atoms with Crippen molar-refractivity contribution in [2.24, 2.45) is 0 Å². The molecule has 0 unspecified atom stereocenters. The number of amides is 1. The number of aryl methyl sites for hydroxylation is 1. The molecule has 8 heteroatoms. The number of carbonyl (C=O) groups is 2. The number of aliphatic hydroxyl groups excluding tert-OH is 1. The summed E-state index contributed by atoms with van der Waals surface area (Å²) in [5.74, 6) is 0.0422. The van der Waals surface area contributed by atoms with Gasteiger partial charge in [-0.15, -0.1) is 0 Å². The van der Waals surface area contributed by atoms with Gasteiger partial charge >= 0.3 is 0 Å². The van der Waals surface area contributed by atoms with E-state index in [1.165, 1.54) is 12.0 Å². The first kappa shape index (κ1) is 25.1. The predicted octanol–water partition coefficient (Wildman–Crippen LogP) is 3.87. The lowest BCUT2D eigenvalue weighted by atomic mass is 9.94. The molecule has 1 heterocycles. The van der Waals surface area contributed by atoms with E-state index in [0.29, 0.717) is 48.0 Å². The third-order valence-corrected chi connectivity index (χ3v) is 5.76. The summed E-state index contributed by atoms with van der Waals surface area (Å²) >= 11 is 0. The quantitative estimate of drug-likeness (QED) is 0.244. The predicted molar refractivity (Wildman–Crippen MR) is 127 cm³/mol. The number of carbonyl (C=O) groups excluding carboxylic acids is 2. The van der Waals surface area contributed by atoms with Gasteiger partial charge in [-0.3, -0.25) is 9.59 Å². The van der Waals surface area contributed by atoms with E-state index in [1.54, 1.807) is 50.6 Å². The molecule has 0 spiro atoms. The van der Waals surface area contributed by atoms with Crippen LogP contribution in [0.15, 0.2) is 42.0 Å². The molecule has 1 N–H and O–H groups in total. The van der Waals surface area contributed by atoms with Crippen molar-refractivity contribution in [1.82, 2.24) is 4.90 Å². The Hall–Kier alpha value is -3.52. The molecule has 2 aromatic carbocycles. The zero-order chi connectivity index (χ0) is 24.8. The molecule has 182 valence electrons. The highest BCUT2D eigenvalue weighted by atomic mass is 16.5. The van der Waals surface area contributed by atoms with Crippen molar-refractivity contribution < 1.29 is 33.6 Å². The number of ether oxygens (including phenoxy) is 4. The number of methoxy groups -OCH3 is 3. The molecule has 1 aliphatic rings. The average molecular weight is 470 g/mol. The summed E-state index contributed by atoms with van der Waals surface area (Å²) in [7, 11) is 4.67. The third-order valence-electron chi connectivity index (χ3n) is 5.76. The van der Waals surface area contributed by atoms with Gasteiger partial charge < -0.3 is 29.0 Å². The fourth-order valence-corrected chi connectivity index (χ4v) is 4.15. The van der Waals surface area contributed by atoms with Gasteiger partial charge in [0.15, 0.2) is 11.5 Å². The second-order valence-corrected chi connectivity index (χ2v) is 7.87. The maximum Gasteiger partial charge on any atom is 0.295 e. The SMILES string of the molecule is CCOc1ccc([C@H]2C(=C(O)c3ccc(OC)c(C)c3)C(=O)C(=O)N2CCCOC)cc1OC. The van der Waals surface area contributed by atoms with E-state index in [-0.39, 0.29) is 17.9 Å². The molecule has 3 rings (SSSR count). The number of hydrogen-bond acceptors (Lipinski definition) is 7. The van der Waals surface area contributed by atoms with Crippen LogP contribution in [-0.4, -0.2) is 62.8 Å². The van der Waals surface area contributed by atoms with Gasteiger partial charge in [-0.1, -0.05) is 6.07 Å². The standard InChI is InChI=1S/C26H31NO7/c1-6-34-20-11-8-17(15-21(20)33-5)23-22(25(29)26(30)27(23)12-7-13-31-3)24(28)18-9-10-19(32-4)16(2)14-18/h8-11,14-15,23,28H,6-7,12-13H2,1-5H3/t23-/m0/s1. The number of rotatable bonds is 10. The van der Waals surface area contributed by atoms with Gasteiger partial charge in [-0.05, 0) is 61.7 Å². The molecule has 2 aromatic rings. The second-order valence-electron chi connectivity index (χ2n) is 7.87. The van der Waals surface area contributed by atoms with Crippen molar-refractivity contribution in [3.8, 4) is 17.2 Å². The molecule has 1 atom stereocenters. The molecule has 34 heavy (non-hydrogen) atoms. The monoisotopic (exact) mass is 469 g/mol. The Labute approximate surface area is 199 Å². The number of likely N-dealkylation sites (tertiary alicyclic amines) is 1. The average Bonchev–Trinajstić information content (AvgIpc) is 3.09. The van der Waals surface area contributed by atoms with Crippen molar-refractivity contribution in [2.75, 3.05) is 41.1 Å². The van der Waals surface area contributed by atoms with Gasteiger partial charge in [0.05, 0.1) is 32.4 Å². The van der Waals surface area contributed by atoms with Gasteiger partial charge in [0.25, 0.3) is 11.7 Å². The molecule has 1 fully saturated rings. The minimum atomic E-state index is -0.788. The molecular weight excluding hydrogens is 438 g/mol. The summed E-state index contributed by atoms with van der Waals surface area (Å²) in [5.41, 5.74) is 1.87. The van der Waals surface area contributed by atoms with Crippen LogP contribution in [0.5, 0.6) is 17.2 Å². The Morgan fingerprint density at radius 3 is 2.32 bits per heavy atom. The first-order valence-electron chi connectivity index (χ1n) is 11.1. The number of Topliss-reactive ketones (excluding diaryl/α,β-unsaturated/α-hetero) is 1. The molecule has 8 nitrogen and oxygen atoms in total. The normalized spacial score (nSPS) is 17.2. The van der Waals surface area contributed by atoms with E-state index in [0.717, 1.165) is 5.56 Å². The smallest absolute Gasteiger partial charge is 0.295 e. The van der Waals surface area contributed by atoms with Gasteiger partial charge in [-0.2, -0.15) is 0 Å². The summed E-state index contributed by atoms with van der Waals surface area (Å²) in [6, 6.07) is 9.57. The largest absolute Gasteiger partial charge is 0.507 e. The second kappa shape index (κ2) is 11.1. The number of hydrogen-bond donors (Lipinski definition) is 1. The van der Waals surface area contributed by atoms with Gasteiger partial charge in [0, 0.05) is 25.8 Å². The third kappa shape index (κ3) is 4.87. The van der Waals surface area contributed by atoms with Crippen molar-refractivity contribution in [3.63, 3.8) is 0 Å². The minimum Gasteiger partial charge on any atom is -0.507 e. The summed E-state index contributed by atoms with van der Waals surface area (Å²) < 4.78 is 21.5. The zero-order valence-corrected chi connectivity index (χ0v) is 20.2. The van der Waals surface area contributed by atoms with Crippen LogP contribution < -0.4 is 14.2 Å². The molecule has 1 aliphatic heterocycles. The van der Waals surface area contributed by atoms with Crippen molar-refractivity contribution in [3.05, 3.63) is 58.7 Å². The fourth-order valence-electron chi connectivity index (χ4n) is 4.15. The molecule has 0 aliphatic carbocycles. The highest BCUT2D eigenvalue weighted by Crippen LogP contribution is 2.42. The van der Waals surface area contributed by atoms with E-state index >= 15 is 0 Å². The molecular formula is C26H31NO7. The van der Waals surface area contributed by atoms with E-state index in [1.807, 2.05) is 13.8 Å².